The first-order chi connectivity index (χ1) is 7.56. The second-order valence-electron chi connectivity index (χ2n) is 3.82. The van der Waals surface area contributed by atoms with Gasteiger partial charge in [0.2, 0.25) is 0 Å². The number of imidazole rings is 1. The van der Waals surface area contributed by atoms with Crippen molar-refractivity contribution in [3.05, 3.63) is 23.8 Å². The maximum Gasteiger partial charge on any atom is 0.288 e. The summed E-state index contributed by atoms with van der Waals surface area (Å²) in [6.07, 6.45) is 0. The van der Waals surface area contributed by atoms with Gasteiger partial charge in [0.05, 0.1) is 11.0 Å². The molecular weight excluding hydrogens is 222 g/mol. The van der Waals surface area contributed by atoms with Crippen LogP contribution in [0.3, 0.4) is 0 Å². The number of fused-ring (bicyclic) bond motifs is 1. The van der Waals surface area contributed by atoms with Crippen LogP contribution in [-0.4, -0.2) is 34.2 Å². The first-order valence-corrected chi connectivity index (χ1v) is 5.73. The van der Waals surface area contributed by atoms with E-state index in [0.717, 1.165) is 22.8 Å². The van der Waals surface area contributed by atoms with E-state index in [4.69, 9.17) is 0 Å². The molecule has 0 aliphatic heterocycles. The molecule has 0 radical (unpaired) electrons. The fourth-order valence-electron chi connectivity index (χ4n) is 1.32. The summed E-state index contributed by atoms with van der Waals surface area (Å²) >= 11 is 1.10. The van der Waals surface area contributed by atoms with Crippen LogP contribution in [0, 0.1) is 6.92 Å². The predicted molar refractivity (Wildman–Crippen MR) is 65.8 cm³/mol. The Labute approximate surface area is 98.0 Å². The molecule has 0 aliphatic rings. The highest BCUT2D eigenvalue weighted by atomic mass is 32.2. The molecule has 0 aliphatic carbocycles. The third kappa shape index (κ3) is 2.19. The summed E-state index contributed by atoms with van der Waals surface area (Å²) in [5, 5.41) is 0.607. The summed E-state index contributed by atoms with van der Waals surface area (Å²) in [6, 6.07) is 5.98. The highest BCUT2D eigenvalue weighted by Crippen LogP contribution is 2.21. The third-order valence-corrected chi connectivity index (χ3v) is 3.09. The lowest BCUT2D eigenvalue weighted by Gasteiger charge is -2.06. The monoisotopic (exact) mass is 235 g/mol. The number of hydrogen-bond acceptors (Lipinski definition) is 3. The molecule has 1 N–H and O–H groups in total. The second-order valence-corrected chi connectivity index (χ2v) is 4.77. The molecule has 0 bridgehead atoms. The largest absolute Gasteiger partial charge is 0.339 e. The lowest BCUT2D eigenvalue weighted by Crippen LogP contribution is -2.16. The Morgan fingerprint density at radius 3 is 2.88 bits per heavy atom. The van der Waals surface area contributed by atoms with Crippen molar-refractivity contribution < 1.29 is 4.79 Å². The van der Waals surface area contributed by atoms with Crippen LogP contribution >= 0.6 is 11.8 Å². The predicted octanol–water partition coefficient (Wildman–Crippen LogP) is 2.65. The van der Waals surface area contributed by atoms with E-state index in [1.807, 2.05) is 25.1 Å². The van der Waals surface area contributed by atoms with E-state index in [1.54, 1.807) is 14.1 Å². The first kappa shape index (κ1) is 11.0. The number of nitrogens with one attached hydrogen (secondary N) is 1. The van der Waals surface area contributed by atoms with Crippen LogP contribution < -0.4 is 0 Å². The zero-order chi connectivity index (χ0) is 11.7. The number of H-pyrrole nitrogens is 1. The molecule has 1 heterocycles. The van der Waals surface area contributed by atoms with Crippen LogP contribution in [-0.2, 0) is 0 Å². The van der Waals surface area contributed by atoms with Gasteiger partial charge in [-0.3, -0.25) is 4.79 Å². The van der Waals surface area contributed by atoms with Crippen molar-refractivity contribution in [2.24, 2.45) is 0 Å². The van der Waals surface area contributed by atoms with Crippen LogP contribution in [0.5, 0.6) is 0 Å². The first-order valence-electron chi connectivity index (χ1n) is 4.92. The van der Waals surface area contributed by atoms with Gasteiger partial charge < -0.3 is 9.88 Å². The van der Waals surface area contributed by atoms with Crippen molar-refractivity contribution in [2.75, 3.05) is 14.1 Å². The fourth-order valence-corrected chi connectivity index (χ4v) is 1.98. The minimum Gasteiger partial charge on any atom is -0.339 e. The molecule has 1 amide bonds. The number of aromatic amines is 1. The Kier molecular flexibility index (Phi) is 2.87. The standard InChI is InChI=1S/C11H13N3OS/c1-7-4-5-8-9(6-7)13-10(12-8)16-11(15)14(2)3/h4-6H,1-3H3,(H,12,13). The number of rotatable bonds is 1. The van der Waals surface area contributed by atoms with E-state index >= 15 is 0 Å². The topological polar surface area (TPSA) is 49.0 Å². The average Bonchev–Trinajstić information content (AvgIpc) is 2.58. The molecule has 4 nitrogen and oxygen atoms in total. The second kappa shape index (κ2) is 4.17. The van der Waals surface area contributed by atoms with Crippen molar-refractivity contribution in [1.82, 2.24) is 14.9 Å². The summed E-state index contributed by atoms with van der Waals surface area (Å²) in [6.45, 7) is 2.03. The van der Waals surface area contributed by atoms with Crippen LogP contribution in [0.25, 0.3) is 11.0 Å². The van der Waals surface area contributed by atoms with Gasteiger partial charge in [0.15, 0.2) is 5.16 Å². The Bertz CT molecular complexity index is 533. The summed E-state index contributed by atoms with van der Waals surface area (Å²) in [5.74, 6) is 0. The number of aromatic nitrogens is 2. The lowest BCUT2D eigenvalue weighted by molar-refractivity contribution is 0.241. The van der Waals surface area contributed by atoms with Crippen molar-refractivity contribution in [2.45, 2.75) is 12.1 Å². The van der Waals surface area contributed by atoms with E-state index in [-0.39, 0.29) is 5.24 Å². The molecule has 16 heavy (non-hydrogen) atoms. The molecular formula is C11H13N3OS. The highest BCUT2D eigenvalue weighted by Gasteiger charge is 2.10. The molecule has 2 aromatic rings. The number of carbonyl (C=O) groups is 1. The number of nitrogens with zero attached hydrogens (tertiary/aromatic N) is 2. The van der Waals surface area contributed by atoms with Gasteiger partial charge in [-0.2, -0.15) is 0 Å². The molecule has 0 unspecified atom stereocenters. The molecule has 84 valence electrons. The minimum atomic E-state index is -0.0317. The smallest absolute Gasteiger partial charge is 0.288 e. The molecule has 0 fully saturated rings. The molecule has 0 saturated heterocycles. The normalized spacial score (nSPS) is 10.7. The van der Waals surface area contributed by atoms with Crippen LogP contribution in [0.4, 0.5) is 4.79 Å². The van der Waals surface area contributed by atoms with Crippen LogP contribution in [0.2, 0.25) is 0 Å². The molecule has 1 aromatic heterocycles. The van der Waals surface area contributed by atoms with Gasteiger partial charge in [-0.1, -0.05) is 6.07 Å². The van der Waals surface area contributed by atoms with Crippen molar-refractivity contribution in [3.8, 4) is 0 Å². The fraction of sp³-hybridized carbons (Fsp3) is 0.273. The molecule has 0 atom stereocenters. The summed E-state index contributed by atoms with van der Waals surface area (Å²) in [5.41, 5.74) is 3.03. The number of hydrogen-bond donors (Lipinski definition) is 1. The highest BCUT2D eigenvalue weighted by molar-refractivity contribution is 8.13. The van der Waals surface area contributed by atoms with Gasteiger partial charge in [0.25, 0.3) is 5.24 Å². The zero-order valence-corrected chi connectivity index (χ0v) is 10.3. The van der Waals surface area contributed by atoms with Gasteiger partial charge in [0, 0.05) is 25.9 Å². The molecule has 0 spiro atoms. The number of benzene rings is 1. The summed E-state index contributed by atoms with van der Waals surface area (Å²) in [4.78, 5) is 20.5. The van der Waals surface area contributed by atoms with Crippen molar-refractivity contribution in [3.63, 3.8) is 0 Å². The van der Waals surface area contributed by atoms with Crippen LogP contribution in [0.15, 0.2) is 23.4 Å². The Hall–Kier alpha value is -1.49. The molecule has 5 heteroatoms. The maximum absolute atomic E-state index is 11.5. The molecule has 2 rings (SSSR count). The van der Waals surface area contributed by atoms with Gasteiger partial charge in [-0.25, -0.2) is 4.98 Å². The molecule has 0 saturated carbocycles. The van der Waals surface area contributed by atoms with E-state index in [2.05, 4.69) is 9.97 Å². The van der Waals surface area contributed by atoms with Crippen LogP contribution in [0.1, 0.15) is 5.56 Å². The molecule has 1 aromatic carbocycles. The Morgan fingerprint density at radius 1 is 1.44 bits per heavy atom. The quantitative estimate of drug-likeness (QED) is 0.773. The number of thioether (sulfide) groups is 1. The number of aryl methyl sites for hydroxylation is 1. The Balaban J connectivity index is 2.29. The summed E-state index contributed by atoms with van der Waals surface area (Å²) < 4.78 is 0. The van der Waals surface area contributed by atoms with E-state index in [1.165, 1.54) is 10.5 Å². The van der Waals surface area contributed by atoms with Gasteiger partial charge >= 0.3 is 0 Å². The third-order valence-electron chi connectivity index (χ3n) is 2.16. The number of carbonyl (C=O) groups excluding carboxylic acids is 1. The van der Waals surface area contributed by atoms with Crippen molar-refractivity contribution in [1.29, 1.82) is 0 Å². The summed E-state index contributed by atoms with van der Waals surface area (Å²) in [7, 11) is 3.45. The van der Waals surface area contributed by atoms with Gasteiger partial charge in [0.1, 0.15) is 0 Å². The van der Waals surface area contributed by atoms with Gasteiger partial charge in [-0.05, 0) is 24.6 Å². The zero-order valence-electron chi connectivity index (χ0n) is 9.44. The van der Waals surface area contributed by atoms with E-state index in [0.29, 0.717) is 5.16 Å². The lowest BCUT2D eigenvalue weighted by atomic mass is 10.2. The van der Waals surface area contributed by atoms with Crippen molar-refractivity contribution >= 4 is 28.0 Å². The Morgan fingerprint density at radius 2 is 2.19 bits per heavy atom. The maximum atomic E-state index is 11.5. The SMILES string of the molecule is Cc1ccc2nc(SC(=O)N(C)C)[nH]c2c1. The van der Waals surface area contributed by atoms with E-state index < -0.39 is 0 Å². The van der Waals surface area contributed by atoms with Gasteiger partial charge in [-0.15, -0.1) is 0 Å². The average molecular weight is 235 g/mol. The minimum absolute atomic E-state index is 0.0317. The van der Waals surface area contributed by atoms with E-state index in [9.17, 15) is 4.79 Å². The number of amides is 1.